The van der Waals surface area contributed by atoms with Gasteiger partial charge < -0.3 is 0 Å². The SMILES string of the molecule is Cc1cc(Br)c(NS(=O)(=O)C2CCCC2)cc1Cl. The van der Waals surface area contributed by atoms with Gasteiger partial charge in [-0.25, -0.2) is 8.42 Å². The molecule has 0 radical (unpaired) electrons. The molecule has 0 atom stereocenters. The maximum Gasteiger partial charge on any atom is 0.235 e. The van der Waals surface area contributed by atoms with Crippen LogP contribution in [0.4, 0.5) is 5.69 Å². The van der Waals surface area contributed by atoms with Crippen molar-refractivity contribution < 1.29 is 8.42 Å². The lowest BCUT2D eigenvalue weighted by Crippen LogP contribution is -2.25. The predicted molar refractivity (Wildman–Crippen MR) is 78.7 cm³/mol. The largest absolute Gasteiger partial charge is 0.282 e. The minimum Gasteiger partial charge on any atom is -0.282 e. The highest BCUT2D eigenvalue weighted by molar-refractivity contribution is 9.10. The molecule has 1 saturated carbocycles. The number of rotatable bonds is 3. The molecule has 3 nitrogen and oxygen atoms in total. The first-order chi connectivity index (χ1) is 8.40. The molecule has 0 bridgehead atoms. The Balaban J connectivity index is 2.26. The molecule has 18 heavy (non-hydrogen) atoms. The van der Waals surface area contributed by atoms with Crippen molar-refractivity contribution in [3.05, 3.63) is 27.2 Å². The number of aryl methyl sites for hydroxylation is 1. The van der Waals surface area contributed by atoms with E-state index in [1.54, 1.807) is 6.07 Å². The van der Waals surface area contributed by atoms with Crippen LogP contribution in [0.3, 0.4) is 0 Å². The molecule has 1 fully saturated rings. The third-order valence-electron chi connectivity index (χ3n) is 3.24. The van der Waals surface area contributed by atoms with Crippen LogP contribution in [0.15, 0.2) is 16.6 Å². The molecule has 0 amide bonds. The maximum atomic E-state index is 12.2. The Kier molecular flexibility index (Phi) is 4.24. The zero-order chi connectivity index (χ0) is 13.3. The van der Waals surface area contributed by atoms with Crippen LogP contribution < -0.4 is 4.72 Å². The van der Waals surface area contributed by atoms with E-state index >= 15 is 0 Å². The highest BCUT2D eigenvalue weighted by atomic mass is 79.9. The normalized spacial score (nSPS) is 17.1. The van der Waals surface area contributed by atoms with Gasteiger partial charge in [0.1, 0.15) is 0 Å². The van der Waals surface area contributed by atoms with Gasteiger partial charge in [0.05, 0.1) is 10.9 Å². The van der Waals surface area contributed by atoms with Crippen LogP contribution in [-0.2, 0) is 10.0 Å². The van der Waals surface area contributed by atoms with Crippen LogP contribution in [0.2, 0.25) is 5.02 Å². The molecule has 6 heteroatoms. The summed E-state index contributed by atoms with van der Waals surface area (Å²) in [6, 6.07) is 3.46. The van der Waals surface area contributed by atoms with Crippen molar-refractivity contribution in [3.63, 3.8) is 0 Å². The van der Waals surface area contributed by atoms with Crippen molar-refractivity contribution >= 4 is 43.2 Å². The van der Waals surface area contributed by atoms with Gasteiger partial charge in [-0.15, -0.1) is 0 Å². The molecule has 0 unspecified atom stereocenters. The van der Waals surface area contributed by atoms with Gasteiger partial charge in [0.2, 0.25) is 10.0 Å². The number of sulfonamides is 1. The third-order valence-corrected chi connectivity index (χ3v) is 6.16. The van der Waals surface area contributed by atoms with Gasteiger partial charge in [0.15, 0.2) is 0 Å². The fourth-order valence-electron chi connectivity index (χ4n) is 2.16. The van der Waals surface area contributed by atoms with Gasteiger partial charge in [-0.3, -0.25) is 4.72 Å². The number of hydrogen-bond acceptors (Lipinski definition) is 2. The average molecular weight is 353 g/mol. The monoisotopic (exact) mass is 351 g/mol. The van der Waals surface area contributed by atoms with Gasteiger partial charge >= 0.3 is 0 Å². The first kappa shape index (κ1) is 14.2. The summed E-state index contributed by atoms with van der Waals surface area (Å²) in [5.74, 6) is 0. The standard InChI is InChI=1S/C12H15BrClNO2S/c1-8-6-10(13)12(7-11(8)14)15-18(16,17)9-4-2-3-5-9/h6-7,9,15H,2-5H2,1H3. The summed E-state index contributed by atoms with van der Waals surface area (Å²) in [6.07, 6.45) is 3.46. The zero-order valence-corrected chi connectivity index (χ0v) is 13.2. The van der Waals surface area contributed by atoms with Crippen molar-refractivity contribution in [2.75, 3.05) is 4.72 Å². The molecule has 1 aliphatic carbocycles. The van der Waals surface area contributed by atoms with E-state index in [1.165, 1.54) is 0 Å². The summed E-state index contributed by atoms with van der Waals surface area (Å²) < 4.78 is 27.7. The van der Waals surface area contributed by atoms with Gasteiger partial charge in [-0.1, -0.05) is 24.4 Å². The third kappa shape index (κ3) is 3.00. The molecule has 0 saturated heterocycles. The Labute approximate surface area is 121 Å². The number of halogens is 2. The molecule has 0 aromatic heterocycles. The van der Waals surface area contributed by atoms with E-state index < -0.39 is 10.0 Å². The minimum atomic E-state index is -3.30. The lowest BCUT2D eigenvalue weighted by molar-refractivity contribution is 0.585. The zero-order valence-electron chi connectivity index (χ0n) is 10.0. The Bertz CT molecular complexity index is 553. The summed E-state index contributed by atoms with van der Waals surface area (Å²) in [6.45, 7) is 1.88. The molecule has 1 aromatic carbocycles. The number of benzene rings is 1. The summed E-state index contributed by atoms with van der Waals surface area (Å²) >= 11 is 9.38. The van der Waals surface area contributed by atoms with Crippen molar-refractivity contribution in [1.82, 2.24) is 0 Å². The fraction of sp³-hybridized carbons (Fsp3) is 0.500. The first-order valence-electron chi connectivity index (χ1n) is 5.87. The second-order valence-corrected chi connectivity index (χ2v) is 7.86. The molecule has 1 aromatic rings. The highest BCUT2D eigenvalue weighted by Gasteiger charge is 2.29. The fourth-order valence-corrected chi connectivity index (χ4v) is 4.61. The lowest BCUT2D eigenvalue weighted by Gasteiger charge is -2.15. The van der Waals surface area contributed by atoms with Crippen molar-refractivity contribution in [2.45, 2.75) is 37.9 Å². The van der Waals surface area contributed by atoms with Crippen LogP contribution in [-0.4, -0.2) is 13.7 Å². The van der Waals surface area contributed by atoms with E-state index in [0.29, 0.717) is 15.2 Å². The van der Waals surface area contributed by atoms with Crippen LogP contribution in [0.1, 0.15) is 31.2 Å². The van der Waals surface area contributed by atoms with E-state index in [4.69, 9.17) is 11.6 Å². The molecular formula is C12H15BrClNO2S. The molecule has 1 aliphatic rings. The van der Waals surface area contributed by atoms with Crippen molar-refractivity contribution in [3.8, 4) is 0 Å². The van der Waals surface area contributed by atoms with E-state index in [2.05, 4.69) is 20.7 Å². The van der Waals surface area contributed by atoms with Crippen molar-refractivity contribution in [1.29, 1.82) is 0 Å². The average Bonchev–Trinajstić information content (AvgIpc) is 2.79. The Morgan fingerprint density at radius 2 is 1.94 bits per heavy atom. The quantitative estimate of drug-likeness (QED) is 0.890. The highest BCUT2D eigenvalue weighted by Crippen LogP contribution is 2.32. The minimum absolute atomic E-state index is 0.274. The maximum absolute atomic E-state index is 12.2. The lowest BCUT2D eigenvalue weighted by atomic mass is 10.2. The van der Waals surface area contributed by atoms with Crippen LogP contribution >= 0.6 is 27.5 Å². The van der Waals surface area contributed by atoms with E-state index in [9.17, 15) is 8.42 Å². The van der Waals surface area contributed by atoms with Crippen molar-refractivity contribution in [2.24, 2.45) is 0 Å². The van der Waals surface area contributed by atoms with Gasteiger partial charge in [-0.2, -0.15) is 0 Å². The Morgan fingerprint density at radius 3 is 2.56 bits per heavy atom. The number of anilines is 1. The van der Waals surface area contributed by atoms with Gasteiger partial charge in [0.25, 0.3) is 0 Å². The van der Waals surface area contributed by atoms with E-state index in [0.717, 1.165) is 31.2 Å². The topological polar surface area (TPSA) is 46.2 Å². The molecular weight excluding hydrogens is 338 g/mol. The Hall–Kier alpha value is -0.260. The summed E-state index contributed by atoms with van der Waals surface area (Å²) in [5, 5.41) is 0.284. The molecule has 0 heterocycles. The van der Waals surface area contributed by atoms with Crippen LogP contribution in [0, 0.1) is 6.92 Å². The van der Waals surface area contributed by atoms with Crippen LogP contribution in [0.5, 0.6) is 0 Å². The Morgan fingerprint density at radius 1 is 1.33 bits per heavy atom. The first-order valence-corrected chi connectivity index (χ1v) is 8.59. The predicted octanol–water partition coefficient (Wildman–Crippen LogP) is 4.10. The number of hydrogen-bond donors (Lipinski definition) is 1. The summed E-state index contributed by atoms with van der Waals surface area (Å²) in [4.78, 5) is 0. The molecule has 100 valence electrons. The van der Waals surface area contributed by atoms with Gasteiger partial charge in [0, 0.05) is 9.50 Å². The van der Waals surface area contributed by atoms with Gasteiger partial charge in [-0.05, 0) is 53.4 Å². The molecule has 2 rings (SSSR count). The smallest absolute Gasteiger partial charge is 0.235 e. The second kappa shape index (κ2) is 5.39. The molecule has 0 aliphatic heterocycles. The summed E-state index contributed by atoms with van der Waals surface area (Å²) in [5.41, 5.74) is 1.42. The van der Waals surface area contributed by atoms with E-state index in [1.807, 2.05) is 13.0 Å². The molecule has 0 spiro atoms. The number of nitrogens with one attached hydrogen (secondary N) is 1. The van der Waals surface area contributed by atoms with Crippen LogP contribution in [0.25, 0.3) is 0 Å². The van der Waals surface area contributed by atoms with E-state index in [-0.39, 0.29) is 5.25 Å². The molecule has 1 N–H and O–H groups in total. The second-order valence-electron chi connectivity index (χ2n) is 4.63. The summed E-state index contributed by atoms with van der Waals surface area (Å²) in [7, 11) is -3.30.